The highest BCUT2D eigenvalue weighted by atomic mass is 127. The number of fused-ring (bicyclic) bond motifs is 2. The summed E-state index contributed by atoms with van der Waals surface area (Å²) in [6.45, 7) is 10.8. The fourth-order valence-corrected chi connectivity index (χ4v) is 3.89. The molecular weight excluding hydrogens is 417 g/mol. The van der Waals surface area contributed by atoms with E-state index in [2.05, 4.69) is 41.3 Å². The molecule has 3 rings (SSSR count). The second-order valence-electron chi connectivity index (χ2n) is 7.27. The van der Waals surface area contributed by atoms with Gasteiger partial charge in [-0.2, -0.15) is 0 Å². The third-order valence-corrected chi connectivity index (χ3v) is 5.45. The summed E-state index contributed by atoms with van der Waals surface area (Å²) in [7, 11) is 2.20. The standard InChI is InChI=1S/C17H33N5O.HI/c1-4-18-17(20-15-11-14-5-6-16(15)23-14)19-12-13(2)22-9-7-21(3)8-10-22;/h13-16H,4-12H2,1-3H3,(H2,18,19,20);1H. The van der Waals surface area contributed by atoms with Crippen molar-refractivity contribution in [1.82, 2.24) is 20.4 Å². The van der Waals surface area contributed by atoms with Gasteiger partial charge in [-0.05, 0) is 40.2 Å². The van der Waals surface area contributed by atoms with E-state index in [-0.39, 0.29) is 24.0 Å². The van der Waals surface area contributed by atoms with Crippen molar-refractivity contribution in [2.45, 2.75) is 57.4 Å². The molecule has 0 aromatic rings. The number of halogens is 1. The number of piperazine rings is 1. The maximum Gasteiger partial charge on any atom is 0.191 e. The predicted octanol–water partition coefficient (Wildman–Crippen LogP) is 1.12. The van der Waals surface area contributed by atoms with Crippen LogP contribution in [0.25, 0.3) is 0 Å². The van der Waals surface area contributed by atoms with Crippen LogP contribution in [0.15, 0.2) is 4.99 Å². The normalized spacial score (nSPS) is 32.5. The first-order valence-corrected chi connectivity index (χ1v) is 9.28. The van der Waals surface area contributed by atoms with Gasteiger partial charge in [0.25, 0.3) is 0 Å². The summed E-state index contributed by atoms with van der Waals surface area (Å²) >= 11 is 0. The molecule has 0 aliphatic carbocycles. The number of hydrogen-bond donors (Lipinski definition) is 2. The Morgan fingerprint density at radius 1 is 1.25 bits per heavy atom. The van der Waals surface area contributed by atoms with E-state index in [0.29, 0.717) is 24.3 Å². The van der Waals surface area contributed by atoms with Gasteiger partial charge in [-0.3, -0.25) is 9.89 Å². The number of nitrogens with zero attached hydrogens (tertiary/aromatic N) is 3. The van der Waals surface area contributed by atoms with Gasteiger partial charge in [-0.15, -0.1) is 24.0 Å². The first-order valence-electron chi connectivity index (χ1n) is 9.28. The van der Waals surface area contributed by atoms with E-state index >= 15 is 0 Å². The molecule has 2 bridgehead atoms. The van der Waals surface area contributed by atoms with Crippen molar-refractivity contribution in [3.8, 4) is 0 Å². The van der Waals surface area contributed by atoms with Crippen molar-refractivity contribution < 1.29 is 4.74 Å². The van der Waals surface area contributed by atoms with Crippen molar-refractivity contribution in [2.24, 2.45) is 4.99 Å². The van der Waals surface area contributed by atoms with Crippen LogP contribution in [0, 0.1) is 0 Å². The maximum absolute atomic E-state index is 5.94. The minimum Gasteiger partial charge on any atom is -0.373 e. The van der Waals surface area contributed by atoms with E-state index in [0.717, 1.165) is 51.6 Å². The van der Waals surface area contributed by atoms with Gasteiger partial charge in [0, 0.05) is 38.8 Å². The lowest BCUT2D eigenvalue weighted by molar-refractivity contribution is 0.0992. The van der Waals surface area contributed by atoms with Crippen molar-refractivity contribution in [2.75, 3.05) is 46.3 Å². The summed E-state index contributed by atoms with van der Waals surface area (Å²) in [5, 5.41) is 6.99. The summed E-state index contributed by atoms with van der Waals surface area (Å²) in [5.41, 5.74) is 0. The molecule has 3 heterocycles. The second-order valence-corrected chi connectivity index (χ2v) is 7.27. The first kappa shape index (κ1) is 20.2. The van der Waals surface area contributed by atoms with Gasteiger partial charge in [-0.1, -0.05) is 0 Å². The molecule has 7 heteroatoms. The Bertz CT molecular complexity index is 414. The van der Waals surface area contributed by atoms with Crippen LogP contribution in [0.5, 0.6) is 0 Å². The van der Waals surface area contributed by atoms with E-state index in [1.807, 2.05) is 0 Å². The van der Waals surface area contributed by atoms with Gasteiger partial charge in [-0.25, -0.2) is 0 Å². The first-order chi connectivity index (χ1) is 11.2. The molecule has 24 heavy (non-hydrogen) atoms. The third-order valence-electron chi connectivity index (χ3n) is 5.45. The molecule has 3 saturated heterocycles. The highest BCUT2D eigenvalue weighted by molar-refractivity contribution is 14.0. The molecule has 4 unspecified atom stereocenters. The van der Waals surface area contributed by atoms with Crippen molar-refractivity contribution in [1.29, 1.82) is 0 Å². The maximum atomic E-state index is 5.94. The highest BCUT2D eigenvalue weighted by Gasteiger charge is 2.41. The van der Waals surface area contributed by atoms with E-state index in [9.17, 15) is 0 Å². The fraction of sp³-hybridized carbons (Fsp3) is 0.941. The monoisotopic (exact) mass is 451 g/mol. The van der Waals surface area contributed by atoms with Gasteiger partial charge in [0.15, 0.2) is 5.96 Å². The lowest BCUT2D eigenvalue weighted by atomic mass is 9.96. The molecule has 0 amide bonds. The number of guanidine groups is 1. The van der Waals surface area contributed by atoms with Crippen molar-refractivity contribution in [3.63, 3.8) is 0 Å². The molecule has 0 spiro atoms. The lowest BCUT2D eigenvalue weighted by Gasteiger charge is -2.36. The molecule has 2 N–H and O–H groups in total. The van der Waals surface area contributed by atoms with Gasteiger partial charge < -0.3 is 20.3 Å². The van der Waals surface area contributed by atoms with Gasteiger partial charge in [0.05, 0.1) is 24.8 Å². The fourth-order valence-electron chi connectivity index (χ4n) is 3.89. The number of ether oxygens (including phenoxy) is 1. The zero-order chi connectivity index (χ0) is 16.2. The molecule has 3 fully saturated rings. The summed E-state index contributed by atoms with van der Waals surface area (Å²) in [4.78, 5) is 9.78. The SMILES string of the molecule is CCNC(=NCC(C)N1CCN(C)CC1)NC1CC2CCC1O2.I. The Morgan fingerprint density at radius 2 is 2.00 bits per heavy atom. The smallest absolute Gasteiger partial charge is 0.191 e. The summed E-state index contributed by atoms with van der Waals surface area (Å²) < 4.78 is 5.94. The molecule has 4 atom stereocenters. The van der Waals surface area contributed by atoms with E-state index in [1.54, 1.807) is 0 Å². The topological polar surface area (TPSA) is 52.1 Å². The van der Waals surface area contributed by atoms with Gasteiger partial charge >= 0.3 is 0 Å². The van der Waals surface area contributed by atoms with E-state index < -0.39 is 0 Å². The van der Waals surface area contributed by atoms with Crippen LogP contribution in [-0.4, -0.2) is 86.4 Å². The molecule has 0 aromatic carbocycles. The molecule has 0 radical (unpaired) electrons. The number of aliphatic imine (C=N–C) groups is 1. The number of nitrogens with one attached hydrogen (secondary N) is 2. The molecule has 0 saturated carbocycles. The van der Waals surface area contributed by atoms with Crippen LogP contribution < -0.4 is 10.6 Å². The second kappa shape index (κ2) is 9.54. The summed E-state index contributed by atoms with van der Waals surface area (Å²) in [6.07, 6.45) is 4.42. The minimum absolute atomic E-state index is 0. The molecular formula is C17H34IN5O. The highest BCUT2D eigenvalue weighted by Crippen LogP contribution is 2.34. The van der Waals surface area contributed by atoms with Gasteiger partial charge in [0.1, 0.15) is 0 Å². The zero-order valence-electron chi connectivity index (χ0n) is 15.3. The Morgan fingerprint density at radius 3 is 2.58 bits per heavy atom. The number of rotatable bonds is 5. The molecule has 0 aromatic heterocycles. The lowest BCUT2D eigenvalue weighted by Crippen LogP contribution is -2.50. The van der Waals surface area contributed by atoms with Gasteiger partial charge in [0.2, 0.25) is 0 Å². The Kier molecular flexibility index (Phi) is 8.03. The molecule has 3 aliphatic heterocycles. The Labute approximate surface area is 163 Å². The van der Waals surface area contributed by atoms with Crippen LogP contribution in [-0.2, 0) is 4.74 Å². The quantitative estimate of drug-likeness (QED) is 0.373. The van der Waals surface area contributed by atoms with Crippen LogP contribution in [0.1, 0.15) is 33.1 Å². The van der Waals surface area contributed by atoms with Crippen molar-refractivity contribution >= 4 is 29.9 Å². The number of likely N-dealkylation sites (N-methyl/N-ethyl adjacent to an activating group) is 1. The van der Waals surface area contributed by atoms with Crippen LogP contribution >= 0.6 is 24.0 Å². The minimum atomic E-state index is 0. The Hall–Kier alpha value is -0.120. The van der Waals surface area contributed by atoms with Crippen LogP contribution in [0.3, 0.4) is 0 Å². The van der Waals surface area contributed by atoms with Crippen LogP contribution in [0.4, 0.5) is 0 Å². The Balaban J connectivity index is 0.00000208. The predicted molar refractivity (Wildman–Crippen MR) is 109 cm³/mol. The summed E-state index contributed by atoms with van der Waals surface area (Å²) in [5.74, 6) is 0.953. The van der Waals surface area contributed by atoms with Crippen LogP contribution in [0.2, 0.25) is 0 Å². The van der Waals surface area contributed by atoms with Crippen molar-refractivity contribution in [3.05, 3.63) is 0 Å². The average molecular weight is 451 g/mol. The third kappa shape index (κ3) is 5.19. The average Bonchev–Trinajstić information content (AvgIpc) is 3.16. The number of hydrogen-bond acceptors (Lipinski definition) is 4. The molecule has 140 valence electrons. The van der Waals surface area contributed by atoms with E-state index in [4.69, 9.17) is 9.73 Å². The van der Waals surface area contributed by atoms with E-state index in [1.165, 1.54) is 12.8 Å². The largest absolute Gasteiger partial charge is 0.373 e. The molecule has 6 nitrogen and oxygen atoms in total. The zero-order valence-corrected chi connectivity index (χ0v) is 17.7. The summed E-state index contributed by atoms with van der Waals surface area (Å²) in [6, 6.07) is 0.931. The molecule has 3 aliphatic rings.